The summed E-state index contributed by atoms with van der Waals surface area (Å²) in [5, 5.41) is 11.8. The van der Waals surface area contributed by atoms with Crippen molar-refractivity contribution in [3.63, 3.8) is 0 Å². The van der Waals surface area contributed by atoms with Crippen molar-refractivity contribution < 1.29 is 14.7 Å². The van der Waals surface area contributed by atoms with Crippen LogP contribution in [0, 0.1) is 0 Å². The average Bonchev–Trinajstić information content (AvgIpc) is 2.75. The number of hydrogen-bond acceptors (Lipinski definition) is 3. The van der Waals surface area contributed by atoms with E-state index in [9.17, 15) is 9.59 Å². The van der Waals surface area contributed by atoms with Gasteiger partial charge in [-0.1, -0.05) is 0 Å². The number of rotatable bonds is 5. The number of carbonyl (C=O) groups is 2. The summed E-state index contributed by atoms with van der Waals surface area (Å²) in [6.07, 6.45) is 4.25. The van der Waals surface area contributed by atoms with E-state index in [2.05, 4.69) is 5.32 Å². The van der Waals surface area contributed by atoms with E-state index in [4.69, 9.17) is 5.11 Å². The fourth-order valence-corrected chi connectivity index (χ4v) is 2.52. The molecule has 0 aliphatic carbocycles. The van der Waals surface area contributed by atoms with Gasteiger partial charge >= 0.3 is 12.0 Å². The maximum absolute atomic E-state index is 11.9. The molecule has 2 atom stereocenters. The van der Waals surface area contributed by atoms with Gasteiger partial charge in [0.2, 0.25) is 0 Å². The largest absolute Gasteiger partial charge is 0.480 e. The molecule has 0 aromatic heterocycles. The van der Waals surface area contributed by atoms with Crippen LogP contribution in [0.5, 0.6) is 0 Å². The topological polar surface area (TPSA) is 69.6 Å². The van der Waals surface area contributed by atoms with Gasteiger partial charge < -0.3 is 15.3 Å². The smallest absolute Gasteiger partial charge is 0.326 e. The summed E-state index contributed by atoms with van der Waals surface area (Å²) < 4.78 is 0. The first-order valence-corrected chi connectivity index (χ1v) is 7.24. The molecule has 0 radical (unpaired) electrons. The molecule has 0 bridgehead atoms. The van der Waals surface area contributed by atoms with Crippen LogP contribution < -0.4 is 5.32 Å². The number of carboxylic acid groups (broad SMARTS) is 1. The van der Waals surface area contributed by atoms with Crippen LogP contribution in [0.2, 0.25) is 0 Å². The monoisotopic (exact) mass is 260 g/mol. The normalized spacial score (nSPS) is 21.3. The molecule has 2 unspecified atom stereocenters. The van der Waals surface area contributed by atoms with Gasteiger partial charge in [0, 0.05) is 12.6 Å². The SMILES string of the molecule is CSCCC(C)NC(=O)N1CCCC1C(=O)O. The van der Waals surface area contributed by atoms with Crippen molar-refractivity contribution in [3.05, 3.63) is 0 Å². The predicted molar refractivity (Wildman–Crippen MR) is 68.4 cm³/mol. The van der Waals surface area contributed by atoms with Crippen LogP contribution >= 0.6 is 11.8 Å². The summed E-state index contributed by atoms with van der Waals surface area (Å²) in [6, 6.07) is -0.809. The molecule has 6 heteroatoms. The van der Waals surface area contributed by atoms with Gasteiger partial charge in [-0.25, -0.2) is 9.59 Å². The third-order valence-corrected chi connectivity index (χ3v) is 3.57. The number of thioether (sulfide) groups is 1. The van der Waals surface area contributed by atoms with Crippen molar-refractivity contribution in [2.75, 3.05) is 18.6 Å². The molecule has 98 valence electrons. The second-order valence-electron chi connectivity index (χ2n) is 4.32. The second kappa shape index (κ2) is 6.74. The molecule has 1 aliphatic heterocycles. The lowest BCUT2D eigenvalue weighted by Crippen LogP contribution is -2.48. The predicted octanol–water partition coefficient (Wildman–Crippen LogP) is 1.39. The summed E-state index contributed by atoms with van der Waals surface area (Å²) >= 11 is 1.74. The van der Waals surface area contributed by atoms with Gasteiger partial charge in [0.25, 0.3) is 0 Å². The number of carboxylic acids is 1. The Balaban J connectivity index is 2.43. The van der Waals surface area contributed by atoms with E-state index in [0.29, 0.717) is 13.0 Å². The highest BCUT2D eigenvalue weighted by atomic mass is 32.2. The van der Waals surface area contributed by atoms with Crippen LogP contribution in [0.4, 0.5) is 4.79 Å². The Bertz CT molecular complexity index is 286. The zero-order valence-corrected chi connectivity index (χ0v) is 11.1. The molecule has 17 heavy (non-hydrogen) atoms. The van der Waals surface area contributed by atoms with Crippen LogP contribution in [0.15, 0.2) is 0 Å². The molecule has 1 heterocycles. The Morgan fingerprint density at radius 3 is 2.88 bits per heavy atom. The molecule has 0 aromatic carbocycles. The number of nitrogens with one attached hydrogen (secondary N) is 1. The summed E-state index contributed by atoms with van der Waals surface area (Å²) in [4.78, 5) is 24.3. The maximum atomic E-state index is 11.9. The highest BCUT2D eigenvalue weighted by Gasteiger charge is 2.34. The quantitative estimate of drug-likeness (QED) is 0.783. The van der Waals surface area contributed by atoms with E-state index in [1.165, 1.54) is 4.90 Å². The highest BCUT2D eigenvalue weighted by Crippen LogP contribution is 2.17. The van der Waals surface area contributed by atoms with Gasteiger partial charge in [0.1, 0.15) is 6.04 Å². The number of likely N-dealkylation sites (tertiary alicyclic amines) is 1. The number of aliphatic carboxylic acids is 1. The van der Waals surface area contributed by atoms with Gasteiger partial charge in [-0.15, -0.1) is 0 Å². The highest BCUT2D eigenvalue weighted by molar-refractivity contribution is 7.98. The molecular weight excluding hydrogens is 240 g/mol. The first-order chi connectivity index (χ1) is 8.06. The molecule has 0 spiro atoms. The molecule has 1 aliphatic rings. The lowest BCUT2D eigenvalue weighted by atomic mass is 10.2. The van der Waals surface area contributed by atoms with Gasteiger partial charge in [0.15, 0.2) is 0 Å². The fraction of sp³-hybridized carbons (Fsp3) is 0.818. The van der Waals surface area contributed by atoms with Crippen molar-refractivity contribution in [1.29, 1.82) is 0 Å². The Labute approximate surface area is 106 Å². The third-order valence-electron chi connectivity index (χ3n) is 2.92. The van der Waals surface area contributed by atoms with Gasteiger partial charge in [0.05, 0.1) is 0 Å². The zero-order chi connectivity index (χ0) is 12.8. The Kier molecular flexibility index (Phi) is 5.61. The van der Waals surface area contributed by atoms with Crippen molar-refractivity contribution in [1.82, 2.24) is 10.2 Å². The van der Waals surface area contributed by atoms with Crippen LogP contribution in [0.25, 0.3) is 0 Å². The molecule has 1 rings (SSSR count). The van der Waals surface area contributed by atoms with E-state index in [0.717, 1.165) is 18.6 Å². The van der Waals surface area contributed by atoms with Gasteiger partial charge in [-0.05, 0) is 38.2 Å². The third kappa shape index (κ3) is 4.11. The van der Waals surface area contributed by atoms with Crippen molar-refractivity contribution in [3.8, 4) is 0 Å². The summed E-state index contributed by atoms with van der Waals surface area (Å²) in [6.45, 7) is 2.48. The molecule has 2 N–H and O–H groups in total. The molecule has 0 saturated carbocycles. The minimum absolute atomic E-state index is 0.0880. The van der Waals surface area contributed by atoms with Gasteiger partial charge in [-0.3, -0.25) is 0 Å². The molecular formula is C11H20N2O3S. The number of hydrogen-bond donors (Lipinski definition) is 2. The first-order valence-electron chi connectivity index (χ1n) is 5.85. The van der Waals surface area contributed by atoms with Crippen LogP contribution in [0.1, 0.15) is 26.2 Å². The van der Waals surface area contributed by atoms with Gasteiger partial charge in [-0.2, -0.15) is 11.8 Å². The van der Waals surface area contributed by atoms with E-state index in [1.807, 2.05) is 13.2 Å². The standard InChI is InChI=1S/C11H20N2O3S/c1-8(5-7-17-2)12-11(16)13-6-3-4-9(13)10(14)15/h8-9H,3-7H2,1-2H3,(H,12,16)(H,14,15). The summed E-state index contributed by atoms with van der Waals surface area (Å²) in [5.74, 6) is 0.0819. The van der Waals surface area contributed by atoms with Crippen LogP contribution in [-0.2, 0) is 4.79 Å². The number of urea groups is 1. The molecule has 0 aromatic rings. The fourth-order valence-electron chi connectivity index (χ4n) is 1.93. The minimum atomic E-state index is -0.908. The number of amides is 2. The summed E-state index contributed by atoms with van der Waals surface area (Å²) in [5.41, 5.74) is 0. The minimum Gasteiger partial charge on any atom is -0.480 e. The number of carbonyl (C=O) groups excluding carboxylic acids is 1. The van der Waals surface area contributed by atoms with Crippen molar-refractivity contribution >= 4 is 23.8 Å². The Morgan fingerprint density at radius 2 is 2.29 bits per heavy atom. The van der Waals surface area contributed by atoms with E-state index < -0.39 is 12.0 Å². The second-order valence-corrected chi connectivity index (χ2v) is 5.31. The Hall–Kier alpha value is -0.910. The molecule has 2 amide bonds. The lowest BCUT2D eigenvalue weighted by molar-refractivity contribution is -0.141. The van der Waals surface area contributed by atoms with E-state index in [-0.39, 0.29) is 12.1 Å². The molecule has 5 nitrogen and oxygen atoms in total. The van der Waals surface area contributed by atoms with E-state index >= 15 is 0 Å². The van der Waals surface area contributed by atoms with Crippen molar-refractivity contribution in [2.45, 2.75) is 38.3 Å². The lowest BCUT2D eigenvalue weighted by Gasteiger charge is -2.24. The maximum Gasteiger partial charge on any atom is 0.326 e. The molecule has 1 saturated heterocycles. The average molecular weight is 260 g/mol. The van der Waals surface area contributed by atoms with Crippen LogP contribution in [0.3, 0.4) is 0 Å². The Morgan fingerprint density at radius 1 is 1.59 bits per heavy atom. The first kappa shape index (κ1) is 14.2. The van der Waals surface area contributed by atoms with Crippen LogP contribution in [-0.4, -0.2) is 52.6 Å². The number of nitrogens with zero attached hydrogens (tertiary/aromatic N) is 1. The van der Waals surface area contributed by atoms with Crippen molar-refractivity contribution in [2.24, 2.45) is 0 Å². The summed E-state index contributed by atoms with van der Waals surface area (Å²) in [7, 11) is 0. The molecule has 1 fully saturated rings. The zero-order valence-electron chi connectivity index (χ0n) is 10.3. The van der Waals surface area contributed by atoms with E-state index in [1.54, 1.807) is 11.8 Å².